The van der Waals surface area contributed by atoms with Gasteiger partial charge in [0.05, 0.1) is 6.54 Å². The zero-order valence-electron chi connectivity index (χ0n) is 12.4. The van der Waals surface area contributed by atoms with Gasteiger partial charge in [-0.25, -0.2) is 0 Å². The fourth-order valence-electron chi connectivity index (χ4n) is 2.88. The Morgan fingerprint density at radius 3 is 2.84 bits per heavy atom. The van der Waals surface area contributed by atoms with Crippen LogP contribution in [-0.4, -0.2) is 29.8 Å². The van der Waals surface area contributed by atoms with Crippen LogP contribution in [0.1, 0.15) is 54.1 Å². The molecule has 1 heterocycles. The molecule has 1 aliphatic heterocycles. The van der Waals surface area contributed by atoms with Gasteiger partial charge in [0, 0.05) is 11.6 Å². The molecule has 2 heteroatoms. The van der Waals surface area contributed by atoms with Crippen molar-refractivity contribution in [3.8, 4) is 0 Å². The topological polar surface area (TPSA) is 20.3 Å². The molecule has 1 unspecified atom stereocenters. The third kappa shape index (κ3) is 3.66. The Morgan fingerprint density at radius 1 is 1.26 bits per heavy atom. The van der Waals surface area contributed by atoms with E-state index in [9.17, 15) is 4.79 Å². The number of hydrogen-bond acceptors (Lipinski definition) is 2. The van der Waals surface area contributed by atoms with Crippen LogP contribution in [0.5, 0.6) is 0 Å². The molecule has 1 atom stereocenters. The summed E-state index contributed by atoms with van der Waals surface area (Å²) in [7, 11) is 0. The van der Waals surface area contributed by atoms with E-state index in [0.717, 1.165) is 23.2 Å². The van der Waals surface area contributed by atoms with Crippen LogP contribution in [0.3, 0.4) is 0 Å². The van der Waals surface area contributed by atoms with Crippen molar-refractivity contribution in [1.82, 2.24) is 4.90 Å². The average molecular weight is 259 g/mol. The number of carbonyl (C=O) groups excluding carboxylic acids is 1. The predicted molar refractivity (Wildman–Crippen MR) is 79.7 cm³/mol. The van der Waals surface area contributed by atoms with Gasteiger partial charge in [0.25, 0.3) is 0 Å². The minimum absolute atomic E-state index is 0.273. The SMILES string of the molecule is Cc1ccc(C)c(C(=O)CN2CCCCCC2C)c1. The van der Waals surface area contributed by atoms with Crippen LogP contribution in [0.25, 0.3) is 0 Å². The van der Waals surface area contributed by atoms with E-state index in [4.69, 9.17) is 0 Å². The summed E-state index contributed by atoms with van der Waals surface area (Å²) in [5.41, 5.74) is 3.16. The van der Waals surface area contributed by atoms with Crippen molar-refractivity contribution in [3.05, 3.63) is 34.9 Å². The molecule has 0 radical (unpaired) electrons. The van der Waals surface area contributed by atoms with E-state index in [1.807, 2.05) is 19.9 Å². The van der Waals surface area contributed by atoms with Gasteiger partial charge in [-0.05, 0) is 51.8 Å². The Hall–Kier alpha value is -1.15. The van der Waals surface area contributed by atoms with Crippen LogP contribution in [0.2, 0.25) is 0 Å². The van der Waals surface area contributed by atoms with Crippen LogP contribution >= 0.6 is 0 Å². The fourth-order valence-corrected chi connectivity index (χ4v) is 2.88. The number of benzene rings is 1. The van der Waals surface area contributed by atoms with Gasteiger partial charge in [0.2, 0.25) is 0 Å². The van der Waals surface area contributed by atoms with E-state index in [-0.39, 0.29) is 5.78 Å². The van der Waals surface area contributed by atoms with Gasteiger partial charge >= 0.3 is 0 Å². The molecule has 0 bridgehead atoms. The Balaban J connectivity index is 2.09. The molecular weight excluding hydrogens is 234 g/mol. The number of nitrogens with zero attached hydrogens (tertiary/aromatic N) is 1. The maximum absolute atomic E-state index is 12.5. The van der Waals surface area contributed by atoms with Crippen molar-refractivity contribution in [2.45, 2.75) is 52.5 Å². The molecular formula is C17H25NO. The summed E-state index contributed by atoms with van der Waals surface area (Å²) < 4.78 is 0. The highest BCUT2D eigenvalue weighted by Gasteiger charge is 2.20. The summed E-state index contributed by atoms with van der Waals surface area (Å²) in [4.78, 5) is 14.9. The monoisotopic (exact) mass is 259 g/mol. The standard InChI is InChI=1S/C17H25NO/c1-13-8-9-14(2)16(11-13)17(19)12-18-10-6-4-5-7-15(18)3/h8-9,11,15H,4-7,10,12H2,1-3H3. The molecule has 0 aliphatic carbocycles. The molecule has 0 aromatic heterocycles. The first-order valence-electron chi connectivity index (χ1n) is 7.42. The van der Waals surface area contributed by atoms with Gasteiger partial charge in [-0.3, -0.25) is 9.69 Å². The normalized spacial score (nSPS) is 21.1. The molecule has 2 rings (SSSR count). The second-order valence-corrected chi connectivity index (χ2v) is 5.91. The second kappa shape index (κ2) is 6.33. The summed E-state index contributed by atoms with van der Waals surface area (Å²) in [5.74, 6) is 0.273. The van der Waals surface area contributed by atoms with Gasteiger partial charge < -0.3 is 0 Å². The number of aryl methyl sites for hydroxylation is 2. The summed E-state index contributed by atoms with van der Waals surface area (Å²) >= 11 is 0. The lowest BCUT2D eigenvalue weighted by molar-refractivity contribution is 0.0901. The van der Waals surface area contributed by atoms with Crippen LogP contribution in [0.15, 0.2) is 18.2 Å². The maximum Gasteiger partial charge on any atom is 0.177 e. The Labute approximate surface area is 116 Å². The van der Waals surface area contributed by atoms with Crippen LogP contribution in [-0.2, 0) is 0 Å². The van der Waals surface area contributed by atoms with Crippen molar-refractivity contribution < 1.29 is 4.79 Å². The first-order valence-corrected chi connectivity index (χ1v) is 7.42. The first-order chi connectivity index (χ1) is 9.08. The lowest BCUT2D eigenvalue weighted by atomic mass is 10.0. The number of carbonyl (C=O) groups is 1. The molecule has 0 amide bonds. The predicted octanol–water partition coefficient (Wildman–Crippen LogP) is 3.75. The van der Waals surface area contributed by atoms with Crippen molar-refractivity contribution in [3.63, 3.8) is 0 Å². The maximum atomic E-state index is 12.5. The van der Waals surface area contributed by atoms with E-state index in [2.05, 4.69) is 24.0 Å². The first kappa shape index (κ1) is 14.3. The lowest BCUT2D eigenvalue weighted by Crippen LogP contribution is -2.37. The second-order valence-electron chi connectivity index (χ2n) is 5.91. The molecule has 1 aliphatic rings. The summed E-state index contributed by atoms with van der Waals surface area (Å²) in [6, 6.07) is 6.69. The molecule has 0 N–H and O–H groups in total. The molecule has 1 saturated heterocycles. The van der Waals surface area contributed by atoms with E-state index >= 15 is 0 Å². The summed E-state index contributed by atoms with van der Waals surface area (Å²) in [6.07, 6.45) is 5.05. The smallest absolute Gasteiger partial charge is 0.177 e. The molecule has 0 saturated carbocycles. The van der Waals surface area contributed by atoms with Crippen molar-refractivity contribution in [2.24, 2.45) is 0 Å². The largest absolute Gasteiger partial charge is 0.293 e. The number of likely N-dealkylation sites (tertiary alicyclic amines) is 1. The van der Waals surface area contributed by atoms with Gasteiger partial charge in [0.15, 0.2) is 5.78 Å². The third-order valence-corrected chi connectivity index (χ3v) is 4.23. The van der Waals surface area contributed by atoms with E-state index in [1.165, 1.54) is 25.7 Å². The number of ketones is 1. The number of Topliss-reactive ketones (excluding diaryl/α,β-unsaturated/α-hetero) is 1. The van der Waals surface area contributed by atoms with E-state index < -0.39 is 0 Å². The van der Waals surface area contributed by atoms with E-state index in [1.54, 1.807) is 0 Å². The van der Waals surface area contributed by atoms with E-state index in [0.29, 0.717) is 12.6 Å². The summed E-state index contributed by atoms with van der Waals surface area (Å²) in [6.45, 7) is 7.97. The minimum Gasteiger partial charge on any atom is -0.293 e. The molecule has 104 valence electrons. The zero-order valence-corrected chi connectivity index (χ0v) is 12.4. The lowest BCUT2D eigenvalue weighted by Gasteiger charge is -2.26. The Morgan fingerprint density at radius 2 is 2.05 bits per heavy atom. The molecule has 2 nitrogen and oxygen atoms in total. The highest BCUT2D eigenvalue weighted by atomic mass is 16.1. The highest BCUT2D eigenvalue weighted by molar-refractivity contribution is 5.99. The number of rotatable bonds is 3. The third-order valence-electron chi connectivity index (χ3n) is 4.23. The van der Waals surface area contributed by atoms with Crippen LogP contribution < -0.4 is 0 Å². The molecule has 0 spiro atoms. The molecule has 19 heavy (non-hydrogen) atoms. The van der Waals surface area contributed by atoms with Gasteiger partial charge in [-0.1, -0.05) is 30.5 Å². The quantitative estimate of drug-likeness (QED) is 0.771. The number of hydrogen-bond donors (Lipinski definition) is 0. The average Bonchev–Trinajstić information content (AvgIpc) is 2.58. The van der Waals surface area contributed by atoms with Crippen molar-refractivity contribution >= 4 is 5.78 Å². The van der Waals surface area contributed by atoms with Crippen LogP contribution in [0.4, 0.5) is 0 Å². The van der Waals surface area contributed by atoms with Crippen LogP contribution in [0, 0.1) is 13.8 Å². The Bertz CT molecular complexity index is 453. The van der Waals surface area contributed by atoms with Gasteiger partial charge in [0.1, 0.15) is 0 Å². The highest BCUT2D eigenvalue weighted by Crippen LogP contribution is 2.18. The van der Waals surface area contributed by atoms with Gasteiger partial charge in [-0.15, -0.1) is 0 Å². The molecule has 1 aromatic carbocycles. The van der Waals surface area contributed by atoms with Gasteiger partial charge in [-0.2, -0.15) is 0 Å². The fraction of sp³-hybridized carbons (Fsp3) is 0.588. The summed E-state index contributed by atoms with van der Waals surface area (Å²) in [5, 5.41) is 0. The van der Waals surface area contributed by atoms with Crippen molar-refractivity contribution in [1.29, 1.82) is 0 Å². The molecule has 1 fully saturated rings. The zero-order chi connectivity index (χ0) is 13.8. The Kier molecular flexibility index (Phi) is 4.76. The minimum atomic E-state index is 0.273. The molecule has 1 aromatic rings. The van der Waals surface area contributed by atoms with Crippen molar-refractivity contribution in [2.75, 3.05) is 13.1 Å².